The number of nitrogens with zero attached hydrogens (tertiary/aromatic N) is 1. The van der Waals surface area contributed by atoms with Crippen LogP contribution in [-0.2, 0) is 10.7 Å². The van der Waals surface area contributed by atoms with Gasteiger partial charge in [-0.25, -0.2) is 4.79 Å². The van der Waals surface area contributed by atoms with E-state index in [4.69, 9.17) is 9.84 Å². The normalized spacial score (nSPS) is 11.1. The lowest BCUT2D eigenvalue weighted by atomic mass is 10.2. The fourth-order valence-electron chi connectivity index (χ4n) is 0.870. The molecule has 0 fully saturated rings. The quantitative estimate of drug-likeness (QED) is 0.833. The van der Waals surface area contributed by atoms with Crippen LogP contribution in [0.3, 0.4) is 0 Å². The van der Waals surface area contributed by atoms with Gasteiger partial charge >= 0.3 is 5.97 Å². The molecule has 0 aromatic carbocycles. The summed E-state index contributed by atoms with van der Waals surface area (Å²) in [4.78, 5) is 13.6. The molecule has 0 saturated carbocycles. The van der Waals surface area contributed by atoms with Crippen molar-refractivity contribution in [1.82, 2.24) is 4.98 Å². The Hall–Kier alpha value is -1.72. The van der Waals surface area contributed by atoms with Crippen molar-refractivity contribution in [2.24, 2.45) is 0 Å². The van der Waals surface area contributed by atoms with Crippen LogP contribution < -0.4 is 4.74 Å². The molecular formula is C9H9F2NO3. The lowest BCUT2D eigenvalue weighted by Gasteiger charge is -2.09. The first-order valence-corrected chi connectivity index (χ1v) is 4.08. The molecule has 15 heavy (non-hydrogen) atoms. The highest BCUT2D eigenvalue weighted by Gasteiger charge is 2.25. The number of aromatic nitrogens is 1. The maximum atomic E-state index is 12.7. The first-order chi connectivity index (χ1) is 6.89. The van der Waals surface area contributed by atoms with Crippen molar-refractivity contribution >= 4 is 5.97 Å². The van der Waals surface area contributed by atoms with Gasteiger partial charge in [-0.2, -0.15) is 8.78 Å². The molecule has 1 aromatic heterocycles. The average molecular weight is 217 g/mol. The van der Waals surface area contributed by atoms with Crippen molar-refractivity contribution in [2.45, 2.75) is 12.8 Å². The molecule has 0 saturated heterocycles. The number of carboxylic acid groups (broad SMARTS) is 1. The Morgan fingerprint density at radius 2 is 2.27 bits per heavy atom. The summed E-state index contributed by atoms with van der Waals surface area (Å²) >= 11 is 0. The molecule has 82 valence electrons. The maximum absolute atomic E-state index is 12.7. The third-order valence-electron chi connectivity index (χ3n) is 1.55. The number of carboxylic acids is 1. The van der Waals surface area contributed by atoms with Gasteiger partial charge in [0.25, 0.3) is 5.92 Å². The Bertz CT molecular complexity index is 345. The zero-order valence-electron chi connectivity index (χ0n) is 7.91. The van der Waals surface area contributed by atoms with Crippen LogP contribution in [0.25, 0.3) is 0 Å². The van der Waals surface area contributed by atoms with Gasteiger partial charge in [0.2, 0.25) is 0 Å². The van der Waals surface area contributed by atoms with Crippen LogP contribution >= 0.6 is 0 Å². The van der Waals surface area contributed by atoms with Crippen molar-refractivity contribution in [2.75, 3.05) is 6.61 Å². The topological polar surface area (TPSA) is 59.4 Å². The van der Waals surface area contributed by atoms with Crippen LogP contribution in [0.2, 0.25) is 0 Å². The smallest absolute Gasteiger partial charge is 0.341 e. The molecule has 1 N–H and O–H groups in total. The Morgan fingerprint density at radius 3 is 2.67 bits per heavy atom. The molecule has 0 spiro atoms. The van der Waals surface area contributed by atoms with Gasteiger partial charge < -0.3 is 9.84 Å². The second-order valence-corrected chi connectivity index (χ2v) is 2.95. The van der Waals surface area contributed by atoms with Crippen molar-refractivity contribution in [3.05, 3.63) is 24.0 Å². The van der Waals surface area contributed by atoms with E-state index in [-0.39, 0.29) is 11.4 Å². The van der Waals surface area contributed by atoms with Crippen molar-refractivity contribution in [3.63, 3.8) is 0 Å². The summed E-state index contributed by atoms with van der Waals surface area (Å²) in [6.45, 7) is 0.205. The zero-order valence-corrected chi connectivity index (χ0v) is 7.91. The Labute approximate surface area is 84.5 Å². The molecule has 0 aliphatic carbocycles. The zero-order chi connectivity index (χ0) is 11.5. The summed E-state index contributed by atoms with van der Waals surface area (Å²) in [5.74, 6) is -4.00. The largest absolute Gasteiger partial charge is 0.480 e. The molecule has 0 bridgehead atoms. The van der Waals surface area contributed by atoms with Crippen LogP contribution in [0.15, 0.2) is 18.3 Å². The highest BCUT2D eigenvalue weighted by atomic mass is 19.3. The van der Waals surface area contributed by atoms with E-state index in [2.05, 4.69) is 4.98 Å². The molecule has 0 aliphatic rings. The lowest BCUT2D eigenvalue weighted by molar-refractivity contribution is -0.139. The number of ether oxygens (including phenoxy) is 1. The predicted octanol–water partition coefficient (Wildman–Crippen LogP) is 1.66. The second kappa shape index (κ2) is 4.20. The molecule has 0 aliphatic heterocycles. The summed E-state index contributed by atoms with van der Waals surface area (Å²) in [6.07, 6.45) is 1.07. The molecule has 1 heterocycles. The van der Waals surface area contributed by atoms with Crippen molar-refractivity contribution in [1.29, 1.82) is 0 Å². The fraction of sp³-hybridized carbons (Fsp3) is 0.333. The molecule has 1 rings (SSSR count). The minimum Gasteiger partial charge on any atom is -0.480 e. The van der Waals surface area contributed by atoms with Gasteiger partial charge in [0.1, 0.15) is 11.4 Å². The monoisotopic (exact) mass is 217 g/mol. The Kier molecular flexibility index (Phi) is 3.18. The molecule has 4 nitrogen and oxygen atoms in total. The number of pyridine rings is 1. The van der Waals surface area contributed by atoms with Crippen LogP contribution in [0.4, 0.5) is 8.78 Å². The van der Waals surface area contributed by atoms with Gasteiger partial charge in [-0.15, -0.1) is 0 Å². The minimum absolute atomic E-state index is 0.144. The SMILES string of the molecule is CC(F)(F)c1ccc(OCC(=O)O)cn1. The Balaban J connectivity index is 2.69. The van der Waals surface area contributed by atoms with Gasteiger partial charge in [-0.05, 0) is 12.1 Å². The van der Waals surface area contributed by atoms with Crippen LogP contribution in [0.1, 0.15) is 12.6 Å². The molecule has 1 aromatic rings. The van der Waals surface area contributed by atoms with E-state index in [1.54, 1.807) is 0 Å². The van der Waals surface area contributed by atoms with Crippen molar-refractivity contribution in [3.8, 4) is 5.75 Å². The summed E-state index contributed by atoms with van der Waals surface area (Å²) in [6, 6.07) is 2.35. The summed E-state index contributed by atoms with van der Waals surface area (Å²) < 4.78 is 30.1. The summed E-state index contributed by atoms with van der Waals surface area (Å²) in [5.41, 5.74) is -0.384. The first kappa shape index (κ1) is 11.4. The molecule has 0 unspecified atom stereocenters. The summed E-state index contributed by atoms with van der Waals surface area (Å²) in [5, 5.41) is 8.29. The van der Waals surface area contributed by atoms with Gasteiger partial charge in [0, 0.05) is 6.92 Å². The van der Waals surface area contributed by atoms with Gasteiger partial charge in [0.15, 0.2) is 6.61 Å². The number of hydrogen-bond acceptors (Lipinski definition) is 3. The standard InChI is InChI=1S/C9H9F2NO3/c1-9(10,11)7-3-2-6(4-12-7)15-5-8(13)14/h2-4H,5H2,1H3,(H,13,14). The molecule has 6 heteroatoms. The Morgan fingerprint density at radius 1 is 1.60 bits per heavy atom. The molecule has 0 amide bonds. The fourth-order valence-corrected chi connectivity index (χ4v) is 0.870. The number of aliphatic carboxylic acids is 1. The van der Waals surface area contributed by atoms with Gasteiger partial charge in [-0.3, -0.25) is 4.98 Å². The summed E-state index contributed by atoms with van der Waals surface area (Å²) in [7, 11) is 0. The van der Waals surface area contributed by atoms with E-state index >= 15 is 0 Å². The van der Waals surface area contributed by atoms with Crippen LogP contribution in [0.5, 0.6) is 5.75 Å². The molecule has 0 radical (unpaired) electrons. The highest BCUT2D eigenvalue weighted by molar-refractivity contribution is 5.68. The van der Waals surface area contributed by atoms with Crippen LogP contribution in [-0.4, -0.2) is 22.7 Å². The highest BCUT2D eigenvalue weighted by Crippen LogP contribution is 2.25. The molecule has 0 atom stereocenters. The first-order valence-electron chi connectivity index (χ1n) is 4.08. The van der Waals surface area contributed by atoms with E-state index in [0.29, 0.717) is 0 Å². The van der Waals surface area contributed by atoms with Gasteiger partial charge in [0.05, 0.1) is 6.20 Å². The second-order valence-electron chi connectivity index (χ2n) is 2.95. The number of halogens is 2. The number of hydrogen-bond donors (Lipinski definition) is 1. The number of rotatable bonds is 4. The number of alkyl halides is 2. The maximum Gasteiger partial charge on any atom is 0.341 e. The number of carbonyl (C=O) groups is 1. The lowest BCUT2D eigenvalue weighted by Crippen LogP contribution is -2.11. The third kappa shape index (κ3) is 3.49. The van der Waals surface area contributed by atoms with E-state index in [1.165, 1.54) is 6.07 Å². The average Bonchev–Trinajstić information content (AvgIpc) is 2.14. The minimum atomic E-state index is -3.01. The predicted molar refractivity (Wildman–Crippen MR) is 46.9 cm³/mol. The van der Waals surface area contributed by atoms with Crippen molar-refractivity contribution < 1.29 is 23.4 Å². The molecular weight excluding hydrogens is 208 g/mol. The van der Waals surface area contributed by atoms with E-state index in [0.717, 1.165) is 19.2 Å². The van der Waals surface area contributed by atoms with E-state index in [1.807, 2.05) is 0 Å². The van der Waals surface area contributed by atoms with E-state index in [9.17, 15) is 13.6 Å². The van der Waals surface area contributed by atoms with Gasteiger partial charge in [-0.1, -0.05) is 0 Å². The third-order valence-corrected chi connectivity index (χ3v) is 1.55. The van der Waals surface area contributed by atoms with E-state index < -0.39 is 18.5 Å². The van der Waals surface area contributed by atoms with Crippen LogP contribution in [0, 0.1) is 0 Å².